The van der Waals surface area contributed by atoms with Crippen LogP contribution in [0.3, 0.4) is 0 Å². The van der Waals surface area contributed by atoms with Gasteiger partial charge in [-0.1, -0.05) is 46.3 Å². The zero-order valence-electron chi connectivity index (χ0n) is 11.1. The second-order valence-electron chi connectivity index (χ2n) is 4.66. The molecule has 0 aliphatic carbocycles. The van der Waals surface area contributed by atoms with Crippen LogP contribution in [0.2, 0.25) is 0 Å². The van der Waals surface area contributed by atoms with E-state index in [4.69, 9.17) is 0 Å². The van der Waals surface area contributed by atoms with E-state index in [0.717, 1.165) is 21.3 Å². The number of rotatable bonds is 4. The van der Waals surface area contributed by atoms with Crippen LogP contribution in [0.5, 0.6) is 0 Å². The lowest BCUT2D eigenvalue weighted by atomic mass is 10.1. The van der Waals surface area contributed by atoms with Crippen molar-refractivity contribution in [3.63, 3.8) is 0 Å². The Bertz CT molecular complexity index is 601. The molecule has 0 saturated carbocycles. The SMILES string of the molecule is Cc1cc(NC(=O)C(S)Cc2ccccc2)ccc1Br. The number of aryl methyl sites for hydroxylation is 1. The zero-order chi connectivity index (χ0) is 14.5. The second kappa shape index (κ2) is 6.95. The van der Waals surface area contributed by atoms with Gasteiger partial charge in [-0.3, -0.25) is 4.79 Å². The fourth-order valence-corrected chi connectivity index (χ4v) is 2.40. The monoisotopic (exact) mass is 349 g/mol. The number of carbonyl (C=O) groups is 1. The number of benzene rings is 2. The van der Waals surface area contributed by atoms with Gasteiger partial charge in [0.2, 0.25) is 5.91 Å². The summed E-state index contributed by atoms with van der Waals surface area (Å²) in [5.41, 5.74) is 2.99. The molecule has 4 heteroatoms. The average Bonchev–Trinajstić information content (AvgIpc) is 2.44. The van der Waals surface area contributed by atoms with Crippen LogP contribution in [0.4, 0.5) is 5.69 Å². The Hall–Kier alpha value is -1.26. The van der Waals surface area contributed by atoms with Gasteiger partial charge in [0, 0.05) is 10.2 Å². The summed E-state index contributed by atoms with van der Waals surface area (Å²) < 4.78 is 1.03. The standard InChI is InChI=1S/C16H16BrNOS/c1-11-9-13(7-8-14(11)17)18-16(19)15(20)10-12-5-3-2-4-6-12/h2-9,15,20H,10H2,1H3,(H,18,19). The summed E-state index contributed by atoms with van der Waals surface area (Å²) in [4.78, 5) is 12.1. The van der Waals surface area contributed by atoms with Gasteiger partial charge in [-0.2, -0.15) is 12.6 Å². The van der Waals surface area contributed by atoms with Gasteiger partial charge in [-0.25, -0.2) is 0 Å². The van der Waals surface area contributed by atoms with E-state index in [-0.39, 0.29) is 11.2 Å². The van der Waals surface area contributed by atoms with Crippen LogP contribution in [-0.4, -0.2) is 11.2 Å². The molecule has 1 N–H and O–H groups in total. The van der Waals surface area contributed by atoms with E-state index in [1.807, 2.05) is 55.5 Å². The average molecular weight is 350 g/mol. The van der Waals surface area contributed by atoms with Gasteiger partial charge < -0.3 is 5.32 Å². The second-order valence-corrected chi connectivity index (χ2v) is 6.14. The zero-order valence-corrected chi connectivity index (χ0v) is 13.6. The van der Waals surface area contributed by atoms with Crippen LogP contribution in [0.15, 0.2) is 53.0 Å². The van der Waals surface area contributed by atoms with Crippen molar-refractivity contribution >= 4 is 40.2 Å². The molecule has 0 fully saturated rings. The van der Waals surface area contributed by atoms with Gasteiger partial charge in [0.15, 0.2) is 0 Å². The fraction of sp³-hybridized carbons (Fsp3) is 0.188. The van der Waals surface area contributed by atoms with Gasteiger partial charge in [-0.15, -0.1) is 0 Å². The normalized spacial score (nSPS) is 11.9. The maximum Gasteiger partial charge on any atom is 0.237 e. The fourth-order valence-electron chi connectivity index (χ4n) is 1.88. The van der Waals surface area contributed by atoms with Crippen molar-refractivity contribution in [1.82, 2.24) is 0 Å². The van der Waals surface area contributed by atoms with Gasteiger partial charge in [-0.05, 0) is 42.7 Å². The highest BCUT2D eigenvalue weighted by Crippen LogP contribution is 2.20. The summed E-state index contributed by atoms with van der Waals surface area (Å²) in [6.07, 6.45) is 0.616. The van der Waals surface area contributed by atoms with Gasteiger partial charge >= 0.3 is 0 Å². The van der Waals surface area contributed by atoms with Gasteiger partial charge in [0.05, 0.1) is 5.25 Å². The molecular weight excluding hydrogens is 334 g/mol. The molecule has 0 spiro atoms. The first-order chi connectivity index (χ1) is 9.56. The third-order valence-corrected chi connectivity index (χ3v) is 4.31. The van der Waals surface area contributed by atoms with Gasteiger partial charge in [0.25, 0.3) is 0 Å². The van der Waals surface area contributed by atoms with Crippen LogP contribution < -0.4 is 5.32 Å². The third kappa shape index (κ3) is 4.12. The maximum absolute atomic E-state index is 12.1. The van der Waals surface area contributed by atoms with E-state index in [0.29, 0.717) is 6.42 Å². The van der Waals surface area contributed by atoms with Crippen LogP contribution in [0, 0.1) is 6.92 Å². The number of anilines is 1. The summed E-state index contributed by atoms with van der Waals surface area (Å²) in [7, 11) is 0. The van der Waals surface area contributed by atoms with E-state index in [1.165, 1.54) is 0 Å². The molecule has 2 rings (SSSR count). The molecule has 0 aliphatic rings. The number of carbonyl (C=O) groups excluding carboxylic acids is 1. The molecule has 0 bridgehead atoms. The van der Waals surface area contributed by atoms with Crippen molar-refractivity contribution in [3.05, 3.63) is 64.1 Å². The predicted molar refractivity (Wildman–Crippen MR) is 90.4 cm³/mol. The molecular formula is C16H16BrNOS. The highest BCUT2D eigenvalue weighted by atomic mass is 79.9. The van der Waals surface area contributed by atoms with Crippen molar-refractivity contribution in [3.8, 4) is 0 Å². The predicted octanol–water partition coefficient (Wildman–Crippen LogP) is 4.24. The van der Waals surface area contributed by atoms with E-state index in [9.17, 15) is 4.79 Å². The molecule has 0 aliphatic heterocycles. The Labute approximate surface area is 133 Å². The summed E-state index contributed by atoms with van der Waals surface area (Å²) in [6.45, 7) is 1.99. The first-order valence-electron chi connectivity index (χ1n) is 6.35. The highest BCUT2D eigenvalue weighted by Gasteiger charge is 2.14. The highest BCUT2D eigenvalue weighted by molar-refractivity contribution is 9.10. The smallest absolute Gasteiger partial charge is 0.237 e. The van der Waals surface area contributed by atoms with Gasteiger partial charge in [0.1, 0.15) is 0 Å². The molecule has 0 heterocycles. The number of nitrogens with one attached hydrogen (secondary N) is 1. The van der Waals surface area contributed by atoms with E-state index >= 15 is 0 Å². The molecule has 20 heavy (non-hydrogen) atoms. The molecule has 104 valence electrons. The number of hydrogen-bond donors (Lipinski definition) is 2. The number of amides is 1. The first-order valence-corrected chi connectivity index (χ1v) is 7.66. The molecule has 0 saturated heterocycles. The third-order valence-electron chi connectivity index (χ3n) is 3.00. The van der Waals surface area contributed by atoms with E-state index in [2.05, 4.69) is 33.9 Å². The summed E-state index contributed by atoms with van der Waals surface area (Å²) in [5.74, 6) is -0.0843. The van der Waals surface area contributed by atoms with Crippen molar-refractivity contribution in [2.45, 2.75) is 18.6 Å². The number of halogens is 1. The molecule has 2 nitrogen and oxygen atoms in total. The minimum absolute atomic E-state index is 0.0843. The molecule has 1 unspecified atom stereocenters. The van der Waals surface area contributed by atoms with Crippen molar-refractivity contribution in [1.29, 1.82) is 0 Å². The summed E-state index contributed by atoms with van der Waals surface area (Å²) in [5, 5.41) is 2.53. The van der Waals surface area contributed by atoms with Crippen LogP contribution in [0.25, 0.3) is 0 Å². The quantitative estimate of drug-likeness (QED) is 0.794. The molecule has 0 aromatic heterocycles. The van der Waals surface area contributed by atoms with E-state index in [1.54, 1.807) is 0 Å². The Morgan fingerprint density at radius 1 is 1.25 bits per heavy atom. The molecule has 2 aromatic rings. The van der Waals surface area contributed by atoms with Crippen molar-refractivity contribution in [2.24, 2.45) is 0 Å². The summed E-state index contributed by atoms with van der Waals surface area (Å²) >= 11 is 7.83. The summed E-state index contributed by atoms with van der Waals surface area (Å²) in [6, 6.07) is 15.6. The number of thiol groups is 1. The van der Waals surface area contributed by atoms with Crippen molar-refractivity contribution in [2.75, 3.05) is 5.32 Å². The Morgan fingerprint density at radius 2 is 1.95 bits per heavy atom. The minimum Gasteiger partial charge on any atom is -0.325 e. The molecule has 1 atom stereocenters. The molecule has 1 amide bonds. The Kier molecular flexibility index (Phi) is 5.26. The minimum atomic E-state index is -0.360. The Balaban J connectivity index is 1.99. The van der Waals surface area contributed by atoms with Crippen LogP contribution in [-0.2, 0) is 11.2 Å². The topological polar surface area (TPSA) is 29.1 Å². The van der Waals surface area contributed by atoms with E-state index < -0.39 is 0 Å². The lowest BCUT2D eigenvalue weighted by Crippen LogP contribution is -2.25. The number of hydrogen-bond acceptors (Lipinski definition) is 2. The van der Waals surface area contributed by atoms with Crippen LogP contribution in [0.1, 0.15) is 11.1 Å². The largest absolute Gasteiger partial charge is 0.325 e. The Morgan fingerprint density at radius 3 is 2.60 bits per heavy atom. The maximum atomic E-state index is 12.1. The molecule has 2 aromatic carbocycles. The lowest BCUT2D eigenvalue weighted by Gasteiger charge is -2.12. The van der Waals surface area contributed by atoms with Crippen LogP contribution >= 0.6 is 28.6 Å². The first kappa shape index (κ1) is 15.1. The lowest BCUT2D eigenvalue weighted by molar-refractivity contribution is -0.115. The molecule has 0 radical (unpaired) electrons. The van der Waals surface area contributed by atoms with Crippen molar-refractivity contribution < 1.29 is 4.79 Å².